The van der Waals surface area contributed by atoms with Crippen LogP contribution in [0.4, 0.5) is 5.69 Å². The molecule has 25 heavy (non-hydrogen) atoms. The van der Waals surface area contributed by atoms with Gasteiger partial charge in [0.05, 0.1) is 33.2 Å². The fourth-order valence-electron chi connectivity index (χ4n) is 2.01. The van der Waals surface area contributed by atoms with E-state index in [2.05, 4.69) is 25.7 Å². The molecule has 0 aliphatic heterocycles. The molecule has 0 atom stereocenters. The Morgan fingerprint density at radius 3 is 2.48 bits per heavy atom. The maximum absolute atomic E-state index is 12.3. The van der Waals surface area contributed by atoms with E-state index in [1.807, 2.05) is 0 Å². The fraction of sp³-hybridized carbons (Fsp3) is 0. The molecule has 10 heteroatoms. The van der Waals surface area contributed by atoms with Gasteiger partial charge >= 0.3 is 5.97 Å². The van der Waals surface area contributed by atoms with Gasteiger partial charge in [0.25, 0.3) is 5.91 Å². The van der Waals surface area contributed by atoms with Crippen LogP contribution in [0.5, 0.6) is 0 Å². The number of nitrogens with zero attached hydrogens (tertiary/aromatic N) is 3. The molecule has 0 fully saturated rings. The van der Waals surface area contributed by atoms with Gasteiger partial charge in [0, 0.05) is 11.8 Å². The summed E-state index contributed by atoms with van der Waals surface area (Å²) in [7, 11) is 0. The van der Waals surface area contributed by atoms with Crippen molar-refractivity contribution in [3.63, 3.8) is 0 Å². The lowest BCUT2D eigenvalue weighted by atomic mass is 10.1. The number of benzene rings is 1. The average molecular weight is 378 g/mol. The first kappa shape index (κ1) is 16.9. The van der Waals surface area contributed by atoms with Crippen LogP contribution in [-0.4, -0.2) is 37.4 Å². The minimum atomic E-state index is -1.25. The maximum atomic E-state index is 12.3. The highest BCUT2D eigenvalue weighted by Gasteiger charge is 2.17. The summed E-state index contributed by atoms with van der Waals surface area (Å²) in [5.41, 5.74) is 1.08. The van der Waals surface area contributed by atoms with Gasteiger partial charge in [-0.3, -0.25) is 9.89 Å². The van der Waals surface area contributed by atoms with Crippen LogP contribution in [0, 0.1) is 0 Å². The van der Waals surface area contributed by atoms with Crippen molar-refractivity contribution in [1.82, 2.24) is 20.4 Å². The third-order valence-corrected chi connectivity index (χ3v) is 3.95. The molecule has 8 nitrogen and oxygen atoms in total. The van der Waals surface area contributed by atoms with Gasteiger partial charge in [0.1, 0.15) is 0 Å². The molecule has 126 valence electrons. The molecule has 1 amide bonds. The topological polar surface area (TPSA) is 121 Å². The first-order chi connectivity index (χ1) is 12.0. The monoisotopic (exact) mass is 377 g/mol. The van der Waals surface area contributed by atoms with Crippen molar-refractivity contribution in [3.05, 3.63) is 58.0 Å². The number of aromatic amines is 1. The smallest absolute Gasteiger partial charge is 0.337 e. The van der Waals surface area contributed by atoms with Crippen molar-refractivity contribution in [2.45, 2.75) is 0 Å². The number of halogens is 2. The number of carboxylic acids is 1. The number of aromatic carboxylic acids is 1. The Morgan fingerprint density at radius 1 is 1.12 bits per heavy atom. The van der Waals surface area contributed by atoms with Gasteiger partial charge in [-0.05, 0) is 24.3 Å². The Labute approximate surface area is 150 Å². The Hall–Kier alpha value is -2.97. The number of carbonyl (C=O) groups is 2. The third kappa shape index (κ3) is 3.59. The summed E-state index contributed by atoms with van der Waals surface area (Å²) in [5.74, 6) is -1.89. The summed E-state index contributed by atoms with van der Waals surface area (Å²) in [4.78, 5) is 23.6. The Morgan fingerprint density at radius 2 is 1.88 bits per heavy atom. The molecule has 1 aromatic carbocycles. The molecule has 0 unspecified atom stereocenters. The molecule has 0 aliphatic rings. The van der Waals surface area contributed by atoms with Gasteiger partial charge in [-0.1, -0.05) is 23.2 Å². The third-order valence-electron chi connectivity index (χ3n) is 3.23. The van der Waals surface area contributed by atoms with Crippen LogP contribution < -0.4 is 5.32 Å². The Balaban J connectivity index is 1.85. The van der Waals surface area contributed by atoms with Gasteiger partial charge in [0.2, 0.25) is 0 Å². The molecule has 2 aromatic heterocycles. The number of carbonyl (C=O) groups excluding carboxylic acids is 1. The zero-order valence-corrected chi connectivity index (χ0v) is 13.8. The highest BCUT2D eigenvalue weighted by Crippen LogP contribution is 2.29. The number of H-pyrrole nitrogens is 1. The molecule has 3 N–H and O–H groups in total. The number of carboxylic acid groups (broad SMARTS) is 1. The zero-order valence-electron chi connectivity index (χ0n) is 12.3. The van der Waals surface area contributed by atoms with Crippen LogP contribution >= 0.6 is 23.2 Å². The second-order valence-electron chi connectivity index (χ2n) is 4.86. The average Bonchev–Trinajstić information content (AvgIpc) is 3.12. The van der Waals surface area contributed by atoms with Crippen molar-refractivity contribution in [2.24, 2.45) is 0 Å². The van der Waals surface area contributed by atoms with Crippen molar-refractivity contribution in [2.75, 3.05) is 5.32 Å². The van der Waals surface area contributed by atoms with Gasteiger partial charge in [-0.25, -0.2) is 4.79 Å². The van der Waals surface area contributed by atoms with Crippen LogP contribution in [-0.2, 0) is 0 Å². The SMILES string of the molecule is O=C(Nc1cc(Cl)c(Cl)cc1C(=O)O)c1ccc(-c2cn[nH]c2)nn1. The summed E-state index contributed by atoms with van der Waals surface area (Å²) in [5, 5.41) is 26.1. The van der Waals surface area contributed by atoms with E-state index >= 15 is 0 Å². The molecule has 0 radical (unpaired) electrons. The number of hydrogen-bond acceptors (Lipinski definition) is 5. The van der Waals surface area contributed by atoms with Crippen LogP contribution in [0.1, 0.15) is 20.8 Å². The number of rotatable bonds is 4. The second kappa shape index (κ2) is 6.88. The first-order valence-electron chi connectivity index (χ1n) is 6.82. The normalized spacial score (nSPS) is 10.5. The van der Waals surface area contributed by atoms with E-state index in [-0.39, 0.29) is 27.0 Å². The summed E-state index contributed by atoms with van der Waals surface area (Å²) in [6.07, 6.45) is 3.21. The van der Waals surface area contributed by atoms with E-state index in [4.69, 9.17) is 23.2 Å². The minimum Gasteiger partial charge on any atom is -0.478 e. The highest BCUT2D eigenvalue weighted by molar-refractivity contribution is 6.42. The molecule has 0 bridgehead atoms. The largest absolute Gasteiger partial charge is 0.478 e. The summed E-state index contributed by atoms with van der Waals surface area (Å²) < 4.78 is 0. The molecule has 3 aromatic rings. The predicted octanol–water partition coefficient (Wildman–Crippen LogP) is 3.12. The lowest BCUT2D eigenvalue weighted by Gasteiger charge is -2.09. The number of amides is 1. The lowest BCUT2D eigenvalue weighted by molar-refractivity contribution is 0.0698. The molecular weight excluding hydrogens is 369 g/mol. The van der Waals surface area contributed by atoms with Gasteiger partial charge in [-0.15, -0.1) is 10.2 Å². The molecular formula is C15H9Cl2N5O3. The van der Waals surface area contributed by atoms with Crippen molar-refractivity contribution in [1.29, 1.82) is 0 Å². The van der Waals surface area contributed by atoms with Crippen molar-refractivity contribution in [3.8, 4) is 11.3 Å². The molecule has 0 saturated heterocycles. The second-order valence-corrected chi connectivity index (χ2v) is 5.68. The summed E-state index contributed by atoms with van der Waals surface area (Å²) >= 11 is 11.7. The van der Waals surface area contributed by atoms with Crippen molar-refractivity contribution >= 4 is 40.8 Å². The van der Waals surface area contributed by atoms with Gasteiger partial charge in [-0.2, -0.15) is 5.10 Å². The van der Waals surface area contributed by atoms with Crippen LogP contribution in [0.2, 0.25) is 10.0 Å². The standard InChI is InChI=1S/C15H9Cl2N5O3/c16-9-3-8(15(24)25)13(4-10(9)17)20-14(23)12-2-1-11(21-22-12)7-5-18-19-6-7/h1-6H,(H,18,19)(H,20,23)(H,24,25). The van der Waals surface area contributed by atoms with E-state index in [0.29, 0.717) is 5.69 Å². The Bertz CT molecular complexity index is 943. The molecule has 0 saturated carbocycles. The van der Waals surface area contributed by atoms with E-state index in [1.165, 1.54) is 12.1 Å². The van der Waals surface area contributed by atoms with Gasteiger partial charge in [0.15, 0.2) is 5.69 Å². The number of hydrogen-bond donors (Lipinski definition) is 3. The fourth-order valence-corrected chi connectivity index (χ4v) is 2.34. The predicted molar refractivity (Wildman–Crippen MR) is 91.0 cm³/mol. The van der Waals surface area contributed by atoms with Crippen molar-refractivity contribution < 1.29 is 14.7 Å². The first-order valence-corrected chi connectivity index (χ1v) is 7.58. The van der Waals surface area contributed by atoms with E-state index in [1.54, 1.807) is 18.5 Å². The van der Waals surface area contributed by atoms with E-state index in [9.17, 15) is 14.7 Å². The number of anilines is 1. The molecule has 3 rings (SSSR count). The van der Waals surface area contributed by atoms with Crippen LogP contribution in [0.3, 0.4) is 0 Å². The summed E-state index contributed by atoms with van der Waals surface area (Å²) in [6, 6.07) is 5.48. The quantitative estimate of drug-likeness (QED) is 0.642. The number of nitrogens with one attached hydrogen (secondary N) is 2. The van der Waals surface area contributed by atoms with E-state index in [0.717, 1.165) is 11.6 Å². The highest BCUT2D eigenvalue weighted by atomic mass is 35.5. The maximum Gasteiger partial charge on any atom is 0.337 e. The zero-order chi connectivity index (χ0) is 18.0. The Kier molecular flexibility index (Phi) is 4.64. The van der Waals surface area contributed by atoms with Gasteiger partial charge < -0.3 is 10.4 Å². The molecule has 0 aliphatic carbocycles. The minimum absolute atomic E-state index is 0.00705. The summed E-state index contributed by atoms with van der Waals surface area (Å²) in [6.45, 7) is 0. The van der Waals surface area contributed by atoms with Crippen LogP contribution in [0.25, 0.3) is 11.3 Å². The van der Waals surface area contributed by atoms with Crippen LogP contribution in [0.15, 0.2) is 36.7 Å². The molecule has 0 spiro atoms. The number of aromatic nitrogens is 4. The lowest BCUT2D eigenvalue weighted by Crippen LogP contribution is -2.16. The van der Waals surface area contributed by atoms with E-state index < -0.39 is 11.9 Å². The molecule has 2 heterocycles.